The van der Waals surface area contributed by atoms with Gasteiger partial charge < -0.3 is 10.6 Å². The van der Waals surface area contributed by atoms with Crippen LogP contribution in [0.1, 0.15) is 28.8 Å². The van der Waals surface area contributed by atoms with Crippen LogP contribution in [-0.2, 0) is 4.79 Å². The molecule has 0 radical (unpaired) electrons. The van der Waals surface area contributed by atoms with E-state index in [9.17, 15) is 19.7 Å². The van der Waals surface area contributed by atoms with Gasteiger partial charge >= 0.3 is 0 Å². The molecule has 130 valence electrons. The van der Waals surface area contributed by atoms with Gasteiger partial charge in [0, 0.05) is 35.8 Å². The summed E-state index contributed by atoms with van der Waals surface area (Å²) in [6.07, 6.45) is 0.676. The molecule has 0 aliphatic carbocycles. The van der Waals surface area contributed by atoms with Crippen LogP contribution in [0.15, 0.2) is 48.5 Å². The van der Waals surface area contributed by atoms with Gasteiger partial charge in [-0.2, -0.15) is 0 Å². The van der Waals surface area contributed by atoms with E-state index < -0.39 is 4.92 Å². The molecule has 7 nitrogen and oxygen atoms in total. The number of anilines is 1. The number of carbonyl (C=O) groups excluding carboxylic acids is 2. The number of benzene rings is 2. The van der Waals surface area contributed by atoms with Crippen molar-refractivity contribution in [2.45, 2.75) is 19.8 Å². The van der Waals surface area contributed by atoms with Gasteiger partial charge in [-0.05, 0) is 31.5 Å². The first kappa shape index (κ1) is 18.1. The molecule has 2 amide bonds. The van der Waals surface area contributed by atoms with Crippen molar-refractivity contribution in [2.24, 2.45) is 0 Å². The predicted molar refractivity (Wildman–Crippen MR) is 94.5 cm³/mol. The molecule has 0 atom stereocenters. The van der Waals surface area contributed by atoms with Crippen LogP contribution in [-0.4, -0.2) is 23.3 Å². The van der Waals surface area contributed by atoms with Crippen molar-refractivity contribution in [3.63, 3.8) is 0 Å². The first-order valence-corrected chi connectivity index (χ1v) is 7.85. The molecular formula is C18H19N3O4. The summed E-state index contributed by atoms with van der Waals surface area (Å²) < 4.78 is 0. The predicted octanol–water partition coefficient (Wildman–Crippen LogP) is 3.05. The second kappa shape index (κ2) is 8.58. The number of aryl methyl sites for hydroxylation is 1. The van der Waals surface area contributed by atoms with E-state index in [-0.39, 0.29) is 23.9 Å². The van der Waals surface area contributed by atoms with Crippen molar-refractivity contribution >= 4 is 23.2 Å². The molecule has 0 heterocycles. The molecule has 2 aromatic carbocycles. The van der Waals surface area contributed by atoms with Crippen LogP contribution in [0.4, 0.5) is 11.4 Å². The minimum absolute atomic E-state index is 0.0343. The first-order chi connectivity index (χ1) is 12.0. The lowest BCUT2D eigenvalue weighted by atomic mass is 10.2. The Balaban J connectivity index is 1.77. The van der Waals surface area contributed by atoms with Crippen LogP contribution in [0.25, 0.3) is 0 Å². The number of nitrogens with zero attached hydrogens (tertiary/aromatic N) is 1. The standard InChI is InChI=1S/C18H19N3O4/c1-13-9-10-15(12-16(13)21(24)25)20-17(22)8-5-11-19-18(23)14-6-3-2-4-7-14/h2-4,6-7,9-10,12H,5,8,11H2,1H3,(H,19,23)(H,20,22). The molecule has 0 aromatic heterocycles. The third kappa shape index (κ3) is 5.42. The summed E-state index contributed by atoms with van der Waals surface area (Å²) in [5.74, 6) is -0.442. The fourth-order valence-corrected chi connectivity index (χ4v) is 2.25. The highest BCUT2D eigenvalue weighted by molar-refractivity contribution is 5.94. The monoisotopic (exact) mass is 341 g/mol. The van der Waals surface area contributed by atoms with Crippen LogP contribution in [0, 0.1) is 17.0 Å². The summed E-state index contributed by atoms with van der Waals surface area (Å²) in [5, 5.41) is 16.3. The van der Waals surface area contributed by atoms with Crippen LogP contribution < -0.4 is 10.6 Å². The van der Waals surface area contributed by atoms with Gasteiger partial charge in [0.05, 0.1) is 4.92 Å². The molecule has 0 saturated heterocycles. The van der Waals surface area contributed by atoms with E-state index in [1.54, 1.807) is 43.3 Å². The molecule has 0 bridgehead atoms. The summed E-state index contributed by atoms with van der Waals surface area (Å²) >= 11 is 0. The van der Waals surface area contributed by atoms with Gasteiger partial charge in [0.25, 0.3) is 11.6 Å². The van der Waals surface area contributed by atoms with E-state index in [1.165, 1.54) is 6.07 Å². The third-order valence-corrected chi connectivity index (χ3v) is 3.59. The smallest absolute Gasteiger partial charge is 0.274 e. The molecule has 2 N–H and O–H groups in total. The lowest BCUT2D eigenvalue weighted by molar-refractivity contribution is -0.385. The minimum Gasteiger partial charge on any atom is -0.352 e. The summed E-state index contributed by atoms with van der Waals surface area (Å²) in [6.45, 7) is 2.01. The van der Waals surface area contributed by atoms with Crippen molar-refractivity contribution in [1.82, 2.24) is 5.32 Å². The molecule has 0 spiro atoms. The van der Waals surface area contributed by atoms with Crippen molar-refractivity contribution < 1.29 is 14.5 Å². The maximum absolute atomic E-state index is 11.9. The summed E-state index contributed by atoms with van der Waals surface area (Å²) in [4.78, 5) is 34.2. The Bertz CT molecular complexity index is 775. The first-order valence-electron chi connectivity index (χ1n) is 7.85. The van der Waals surface area contributed by atoms with Crippen molar-refractivity contribution in [3.05, 3.63) is 69.8 Å². The molecule has 0 saturated carbocycles. The Morgan fingerprint density at radius 1 is 1.12 bits per heavy atom. The topological polar surface area (TPSA) is 101 Å². The zero-order valence-electron chi connectivity index (χ0n) is 13.8. The van der Waals surface area contributed by atoms with E-state index in [2.05, 4.69) is 10.6 Å². The molecule has 0 unspecified atom stereocenters. The normalized spacial score (nSPS) is 10.1. The van der Waals surface area contributed by atoms with Crippen molar-refractivity contribution in [3.8, 4) is 0 Å². The van der Waals surface area contributed by atoms with Gasteiger partial charge in [0.1, 0.15) is 0 Å². The van der Waals surface area contributed by atoms with Gasteiger partial charge in [-0.15, -0.1) is 0 Å². The fourth-order valence-electron chi connectivity index (χ4n) is 2.25. The second-order valence-electron chi connectivity index (χ2n) is 5.53. The number of carbonyl (C=O) groups is 2. The second-order valence-corrected chi connectivity index (χ2v) is 5.53. The fraction of sp³-hybridized carbons (Fsp3) is 0.222. The number of hydrogen-bond acceptors (Lipinski definition) is 4. The van der Waals surface area contributed by atoms with Crippen molar-refractivity contribution in [2.75, 3.05) is 11.9 Å². The van der Waals surface area contributed by atoms with Gasteiger partial charge in [-0.3, -0.25) is 19.7 Å². The number of rotatable bonds is 7. The van der Waals surface area contributed by atoms with E-state index in [1.807, 2.05) is 6.07 Å². The summed E-state index contributed by atoms with van der Waals surface area (Å²) in [5.41, 5.74) is 1.45. The number of nitrogens with one attached hydrogen (secondary N) is 2. The number of nitro groups is 1. The van der Waals surface area contributed by atoms with Gasteiger partial charge in [-0.1, -0.05) is 24.3 Å². The molecule has 25 heavy (non-hydrogen) atoms. The van der Waals surface area contributed by atoms with Gasteiger partial charge in [0.2, 0.25) is 5.91 Å². The highest BCUT2D eigenvalue weighted by Gasteiger charge is 2.12. The van der Waals surface area contributed by atoms with E-state index in [0.717, 1.165) is 0 Å². The Morgan fingerprint density at radius 2 is 1.84 bits per heavy atom. The number of amides is 2. The summed E-state index contributed by atoms with van der Waals surface area (Å²) in [6, 6.07) is 13.4. The summed E-state index contributed by atoms with van der Waals surface area (Å²) in [7, 11) is 0. The van der Waals surface area contributed by atoms with Crippen LogP contribution in [0.2, 0.25) is 0 Å². The third-order valence-electron chi connectivity index (χ3n) is 3.59. The van der Waals surface area contributed by atoms with E-state index >= 15 is 0 Å². The Kier molecular flexibility index (Phi) is 6.22. The molecule has 0 aliphatic rings. The minimum atomic E-state index is -0.482. The maximum Gasteiger partial charge on any atom is 0.274 e. The van der Waals surface area contributed by atoms with Crippen LogP contribution in [0.3, 0.4) is 0 Å². The molecular weight excluding hydrogens is 322 g/mol. The zero-order valence-corrected chi connectivity index (χ0v) is 13.8. The van der Waals surface area contributed by atoms with Crippen LogP contribution in [0.5, 0.6) is 0 Å². The lowest BCUT2D eigenvalue weighted by Crippen LogP contribution is -2.25. The molecule has 2 aromatic rings. The van der Waals surface area contributed by atoms with Crippen LogP contribution >= 0.6 is 0 Å². The molecule has 7 heteroatoms. The lowest BCUT2D eigenvalue weighted by Gasteiger charge is -2.07. The van der Waals surface area contributed by atoms with E-state index in [4.69, 9.17) is 0 Å². The van der Waals surface area contributed by atoms with E-state index in [0.29, 0.717) is 29.8 Å². The Labute approximate surface area is 145 Å². The van der Waals surface area contributed by atoms with Gasteiger partial charge in [-0.25, -0.2) is 0 Å². The Hall–Kier alpha value is -3.22. The zero-order chi connectivity index (χ0) is 18.2. The highest BCUT2D eigenvalue weighted by atomic mass is 16.6. The SMILES string of the molecule is Cc1ccc(NC(=O)CCCNC(=O)c2ccccc2)cc1[N+](=O)[O-]. The highest BCUT2D eigenvalue weighted by Crippen LogP contribution is 2.22. The average Bonchev–Trinajstić information content (AvgIpc) is 2.60. The Morgan fingerprint density at radius 3 is 2.52 bits per heavy atom. The molecule has 2 rings (SSSR count). The maximum atomic E-state index is 11.9. The number of nitro benzene ring substituents is 1. The quantitative estimate of drug-likeness (QED) is 0.459. The van der Waals surface area contributed by atoms with Gasteiger partial charge in [0.15, 0.2) is 0 Å². The molecule has 0 fully saturated rings. The van der Waals surface area contributed by atoms with Crippen molar-refractivity contribution in [1.29, 1.82) is 0 Å². The largest absolute Gasteiger partial charge is 0.352 e. The number of hydrogen-bond donors (Lipinski definition) is 2. The molecule has 0 aliphatic heterocycles. The average molecular weight is 341 g/mol.